The molecule has 0 aliphatic heterocycles. The molecule has 7 heavy (non-hydrogen) atoms. The number of rotatable bonds is 0. The first-order valence-corrected chi connectivity index (χ1v) is 2.98. The Balaban J connectivity index is 0.000000490. The van der Waals surface area contributed by atoms with Crippen molar-refractivity contribution in [1.29, 1.82) is 0 Å². The molecule has 0 spiro atoms. The van der Waals surface area contributed by atoms with Gasteiger partial charge >= 0.3 is 1.43 Å². The monoisotopic (exact) mass is 112 g/mol. The van der Waals surface area contributed by atoms with Crippen molar-refractivity contribution < 1.29 is 1.43 Å². The van der Waals surface area contributed by atoms with Gasteiger partial charge in [0.2, 0.25) is 0 Å². The first kappa shape index (κ1) is 4.39. The van der Waals surface area contributed by atoms with Gasteiger partial charge in [0, 0.05) is 0 Å². The second-order valence-corrected chi connectivity index (χ2v) is 2.08. The average molecular weight is 112 g/mol. The van der Waals surface area contributed by atoms with Crippen molar-refractivity contribution >= 4 is 15.7 Å². The maximum absolute atomic E-state index is 3.82. The molecule has 0 aromatic carbocycles. The molecule has 0 aliphatic carbocycles. The summed E-state index contributed by atoms with van der Waals surface area (Å²) >= 11 is 0. The van der Waals surface area contributed by atoms with Crippen LogP contribution in [0.3, 0.4) is 0 Å². The molecule has 0 fully saturated rings. The van der Waals surface area contributed by atoms with Crippen molar-refractivity contribution in [2.24, 2.45) is 0 Å². The summed E-state index contributed by atoms with van der Waals surface area (Å²) in [6.45, 7) is 0. The lowest BCUT2D eigenvalue weighted by Gasteiger charge is -1.81. The third kappa shape index (κ3) is 1.04. The van der Waals surface area contributed by atoms with Gasteiger partial charge in [0.1, 0.15) is 12.7 Å². The molecule has 0 unspecified atom stereocenters. The van der Waals surface area contributed by atoms with Gasteiger partial charge in [-0.3, -0.25) is 0 Å². The highest BCUT2D eigenvalue weighted by atomic mass is 28.1. The highest BCUT2D eigenvalue weighted by molar-refractivity contribution is 6.28. The number of aromatic nitrogens is 3. The fourth-order valence-electron chi connectivity index (χ4n) is 0.297. The zero-order chi connectivity index (χ0) is 5.11. The minimum atomic E-state index is 0. The van der Waals surface area contributed by atoms with Crippen LogP contribution < -0.4 is 5.45 Å². The Hall–Kier alpha value is -0.773. The lowest BCUT2D eigenvalue weighted by atomic mass is 11.1. The van der Waals surface area contributed by atoms with Crippen molar-refractivity contribution in [2.75, 3.05) is 0 Å². The van der Waals surface area contributed by atoms with Gasteiger partial charge in [-0.2, -0.15) is 0 Å². The van der Waals surface area contributed by atoms with E-state index in [2.05, 4.69) is 15.0 Å². The summed E-state index contributed by atoms with van der Waals surface area (Å²) in [5, 5.41) is 0. The van der Waals surface area contributed by atoms with E-state index in [1.54, 1.807) is 0 Å². The van der Waals surface area contributed by atoms with Gasteiger partial charge in [0.25, 0.3) is 0 Å². The highest BCUT2D eigenvalue weighted by Crippen LogP contribution is 1.54. The van der Waals surface area contributed by atoms with E-state index in [4.69, 9.17) is 0 Å². The molecule has 36 valence electrons. The molecule has 3 nitrogen and oxygen atoms in total. The summed E-state index contributed by atoms with van der Waals surface area (Å²) in [6, 6.07) is 0. The normalized spacial score (nSPS) is 9.14. The van der Waals surface area contributed by atoms with Gasteiger partial charge in [0.15, 0.2) is 0 Å². The maximum atomic E-state index is 3.82. The molecule has 1 aromatic heterocycles. The summed E-state index contributed by atoms with van der Waals surface area (Å²) in [6.07, 6.45) is 3.02. The van der Waals surface area contributed by atoms with Crippen LogP contribution in [0.15, 0.2) is 12.7 Å². The third-order valence-corrected chi connectivity index (χ3v) is 1.14. The largest absolute Gasteiger partial charge is 1.00 e. The quantitative estimate of drug-likeness (QED) is 0.363. The van der Waals surface area contributed by atoms with Crippen molar-refractivity contribution in [3.8, 4) is 0 Å². The van der Waals surface area contributed by atoms with Crippen molar-refractivity contribution in [1.82, 2.24) is 15.0 Å². The van der Waals surface area contributed by atoms with Gasteiger partial charge in [-0.15, -0.1) is 0 Å². The zero-order valence-electron chi connectivity index (χ0n) is 5.00. The maximum Gasteiger partial charge on any atom is 1.00 e. The highest BCUT2D eigenvalue weighted by Gasteiger charge is 1.75. The summed E-state index contributed by atoms with van der Waals surface area (Å²) in [5.41, 5.74) is 0.898. The Morgan fingerprint density at radius 3 is 2.29 bits per heavy atom. The predicted octanol–water partition coefficient (Wildman–Crippen LogP) is -2.03. The first-order valence-electron chi connectivity index (χ1n) is 1.98. The van der Waals surface area contributed by atoms with Crippen LogP contribution in [0.2, 0.25) is 0 Å². The van der Waals surface area contributed by atoms with E-state index < -0.39 is 0 Å². The molecule has 0 radical (unpaired) electrons. The van der Waals surface area contributed by atoms with E-state index in [9.17, 15) is 0 Å². The SMILES string of the molecule is [H+].[SiH3]c1ncncn1. The Labute approximate surface area is 45.7 Å². The van der Waals surface area contributed by atoms with Crippen molar-refractivity contribution in [3.63, 3.8) is 0 Å². The molecule has 0 amide bonds. The molecule has 4 heteroatoms. The van der Waals surface area contributed by atoms with Crippen LogP contribution in [-0.2, 0) is 0 Å². The van der Waals surface area contributed by atoms with Crippen LogP contribution in [0.25, 0.3) is 0 Å². The minimum Gasteiger partial charge on any atom is -0.228 e. The van der Waals surface area contributed by atoms with Crippen LogP contribution in [0.1, 0.15) is 1.43 Å². The Morgan fingerprint density at radius 1 is 1.43 bits per heavy atom. The first-order chi connectivity index (χ1) is 3.39. The fourth-order valence-corrected chi connectivity index (χ4v) is 0.528. The van der Waals surface area contributed by atoms with Crippen LogP contribution in [0.5, 0.6) is 0 Å². The van der Waals surface area contributed by atoms with Crippen LogP contribution in [0, 0.1) is 0 Å². The molecule has 0 bridgehead atoms. The van der Waals surface area contributed by atoms with Gasteiger partial charge in [-0.25, -0.2) is 15.0 Å². The van der Waals surface area contributed by atoms with Gasteiger partial charge in [-0.05, 0) is 0 Å². The molecule has 1 heterocycles. The third-order valence-electron chi connectivity index (χ3n) is 0.622. The zero-order valence-corrected chi connectivity index (χ0v) is 6.00. The predicted molar refractivity (Wildman–Crippen MR) is 30.5 cm³/mol. The van der Waals surface area contributed by atoms with Crippen LogP contribution in [0.4, 0.5) is 0 Å². The molecular formula is C3H6N3Si+. The van der Waals surface area contributed by atoms with Crippen LogP contribution in [-0.4, -0.2) is 25.2 Å². The molecule has 1 aromatic rings. The van der Waals surface area contributed by atoms with Crippen LogP contribution >= 0.6 is 0 Å². The molecular weight excluding hydrogens is 106 g/mol. The molecule has 1 rings (SSSR count). The Morgan fingerprint density at radius 2 is 2.00 bits per heavy atom. The van der Waals surface area contributed by atoms with E-state index in [0.29, 0.717) is 0 Å². The van der Waals surface area contributed by atoms with E-state index in [0.717, 1.165) is 15.7 Å². The standard InChI is InChI=1S/C3H5N3Si/c7-3-5-1-4-2-6-3/h1-2H,7H3/p+1. The number of hydrogen-bond donors (Lipinski definition) is 0. The lowest BCUT2D eigenvalue weighted by Crippen LogP contribution is -2.11. The van der Waals surface area contributed by atoms with Gasteiger partial charge in [0.05, 0.1) is 15.7 Å². The molecule has 0 saturated carbocycles. The Bertz CT molecular complexity index is 144. The average Bonchev–Trinajstić information content (AvgIpc) is 1.69. The number of hydrogen-bond acceptors (Lipinski definition) is 3. The summed E-state index contributed by atoms with van der Waals surface area (Å²) in [4.78, 5) is 11.3. The Kier molecular flexibility index (Phi) is 1.12. The van der Waals surface area contributed by atoms with E-state index >= 15 is 0 Å². The van der Waals surface area contributed by atoms with Gasteiger partial charge < -0.3 is 0 Å². The summed E-state index contributed by atoms with van der Waals surface area (Å²) in [7, 11) is 0.912. The summed E-state index contributed by atoms with van der Waals surface area (Å²) in [5.74, 6) is 0. The summed E-state index contributed by atoms with van der Waals surface area (Å²) < 4.78 is 0. The molecule has 0 N–H and O–H groups in total. The van der Waals surface area contributed by atoms with Crippen molar-refractivity contribution in [2.45, 2.75) is 0 Å². The second kappa shape index (κ2) is 1.79. The number of nitrogens with zero attached hydrogens (tertiary/aromatic N) is 3. The van der Waals surface area contributed by atoms with Gasteiger partial charge in [-0.1, -0.05) is 0 Å². The smallest absolute Gasteiger partial charge is 0.228 e. The lowest BCUT2D eigenvalue weighted by molar-refractivity contribution is 1.09. The topological polar surface area (TPSA) is 38.7 Å². The second-order valence-electron chi connectivity index (χ2n) is 1.19. The van der Waals surface area contributed by atoms with E-state index in [1.807, 2.05) is 0 Å². The van der Waals surface area contributed by atoms with E-state index in [1.165, 1.54) is 12.7 Å². The van der Waals surface area contributed by atoms with Crippen molar-refractivity contribution in [3.05, 3.63) is 12.7 Å². The van der Waals surface area contributed by atoms with E-state index in [-0.39, 0.29) is 1.43 Å². The molecule has 0 saturated heterocycles. The minimum absolute atomic E-state index is 0. The fraction of sp³-hybridized carbons (Fsp3) is 0. The molecule has 0 atom stereocenters. The molecule has 0 aliphatic rings.